The summed E-state index contributed by atoms with van der Waals surface area (Å²) in [5, 5.41) is 36.5. The highest BCUT2D eigenvalue weighted by Gasteiger charge is 2.34. The molecule has 1 aliphatic rings. The molecule has 2 aromatic rings. The maximum absolute atomic E-state index is 12.4. The van der Waals surface area contributed by atoms with E-state index in [9.17, 15) is 14.7 Å². The number of hydrogen-bond donors (Lipinski definition) is 5. The summed E-state index contributed by atoms with van der Waals surface area (Å²) in [6.45, 7) is 1.06. The number of aryl methyl sites for hydroxylation is 1. The van der Waals surface area contributed by atoms with Crippen LogP contribution in [0.1, 0.15) is 36.2 Å². The first-order valence-corrected chi connectivity index (χ1v) is 9.22. The Kier molecular flexibility index (Phi) is 8.76. The summed E-state index contributed by atoms with van der Waals surface area (Å²) in [6, 6.07) is 1.38. The van der Waals surface area contributed by atoms with Gasteiger partial charge in [-0.2, -0.15) is 20.5 Å². The summed E-state index contributed by atoms with van der Waals surface area (Å²) >= 11 is 0. The van der Waals surface area contributed by atoms with Gasteiger partial charge in [-0.15, -0.1) is 0 Å². The first-order valence-electron chi connectivity index (χ1n) is 9.22. The molecule has 3 atom stereocenters. The SMILES string of the molecule is O=C(N[C@@H]1C[C@@H](C(=O)NCCCn2cccn2)CC[C@H]1O)c1cn[nH]n1.O=CO. The van der Waals surface area contributed by atoms with E-state index in [0.717, 1.165) is 13.0 Å². The van der Waals surface area contributed by atoms with Gasteiger partial charge in [0.05, 0.1) is 18.3 Å². The number of nitrogens with zero attached hydrogens (tertiary/aromatic N) is 4. The number of rotatable bonds is 7. The van der Waals surface area contributed by atoms with Gasteiger partial charge in [-0.25, -0.2) is 0 Å². The van der Waals surface area contributed by atoms with Crippen LogP contribution in [0.5, 0.6) is 0 Å². The van der Waals surface area contributed by atoms with Crippen LogP contribution in [-0.2, 0) is 16.1 Å². The van der Waals surface area contributed by atoms with Crippen molar-refractivity contribution in [3.63, 3.8) is 0 Å². The van der Waals surface area contributed by atoms with Gasteiger partial charge >= 0.3 is 0 Å². The van der Waals surface area contributed by atoms with Crippen LogP contribution in [0.3, 0.4) is 0 Å². The van der Waals surface area contributed by atoms with Crippen LogP contribution in [0.25, 0.3) is 0 Å². The minimum absolute atomic E-state index is 0.0435. The molecule has 0 aliphatic heterocycles. The Bertz CT molecular complexity index is 750. The molecule has 29 heavy (non-hydrogen) atoms. The predicted molar refractivity (Wildman–Crippen MR) is 99.5 cm³/mol. The number of aliphatic hydroxyl groups excluding tert-OH is 1. The number of nitrogens with one attached hydrogen (secondary N) is 3. The van der Waals surface area contributed by atoms with Gasteiger partial charge in [0.1, 0.15) is 0 Å². The quantitative estimate of drug-likeness (QED) is 0.292. The first kappa shape index (κ1) is 22.0. The second-order valence-corrected chi connectivity index (χ2v) is 6.53. The Labute approximate surface area is 166 Å². The van der Waals surface area contributed by atoms with Crippen molar-refractivity contribution in [2.24, 2.45) is 5.92 Å². The third kappa shape index (κ3) is 6.99. The number of carbonyl (C=O) groups excluding carboxylic acids is 2. The Morgan fingerprint density at radius 1 is 1.38 bits per heavy atom. The van der Waals surface area contributed by atoms with E-state index < -0.39 is 18.1 Å². The van der Waals surface area contributed by atoms with Crippen LogP contribution >= 0.6 is 0 Å². The van der Waals surface area contributed by atoms with Gasteiger partial charge in [0.2, 0.25) is 5.91 Å². The van der Waals surface area contributed by atoms with E-state index >= 15 is 0 Å². The number of carboxylic acid groups (broad SMARTS) is 1. The van der Waals surface area contributed by atoms with Gasteiger partial charge in [-0.3, -0.25) is 19.1 Å². The Balaban J connectivity index is 0.000000941. The van der Waals surface area contributed by atoms with Gasteiger partial charge in [-0.1, -0.05) is 0 Å². The summed E-state index contributed by atoms with van der Waals surface area (Å²) in [4.78, 5) is 32.8. The molecule has 0 spiro atoms. The Hall–Kier alpha value is -3.28. The van der Waals surface area contributed by atoms with Crippen molar-refractivity contribution >= 4 is 18.3 Å². The molecule has 12 heteroatoms. The van der Waals surface area contributed by atoms with Gasteiger partial charge in [0.15, 0.2) is 5.69 Å². The van der Waals surface area contributed by atoms with E-state index in [1.807, 2.05) is 16.9 Å². The smallest absolute Gasteiger partial charge is 0.290 e. The minimum atomic E-state index is -0.672. The molecular formula is C17H25N7O5. The number of aliphatic hydroxyl groups is 1. The normalized spacial score (nSPS) is 20.8. The van der Waals surface area contributed by atoms with Crippen molar-refractivity contribution in [1.82, 2.24) is 35.8 Å². The van der Waals surface area contributed by atoms with Crippen molar-refractivity contribution in [3.8, 4) is 0 Å². The molecule has 0 unspecified atom stereocenters. The molecule has 2 aromatic heterocycles. The molecule has 158 valence electrons. The Morgan fingerprint density at radius 2 is 2.17 bits per heavy atom. The summed E-state index contributed by atoms with van der Waals surface area (Å²) in [5.74, 6) is -0.688. The zero-order valence-electron chi connectivity index (χ0n) is 15.8. The number of aromatic nitrogens is 5. The molecule has 5 N–H and O–H groups in total. The maximum Gasteiger partial charge on any atom is 0.290 e. The van der Waals surface area contributed by atoms with Crippen LogP contribution < -0.4 is 10.6 Å². The monoisotopic (exact) mass is 407 g/mol. The molecule has 1 saturated carbocycles. The lowest BCUT2D eigenvalue weighted by atomic mass is 9.83. The summed E-state index contributed by atoms with van der Waals surface area (Å²) < 4.78 is 1.82. The lowest BCUT2D eigenvalue weighted by molar-refractivity contribution is -0.127. The second kappa shape index (κ2) is 11.5. The second-order valence-electron chi connectivity index (χ2n) is 6.53. The van der Waals surface area contributed by atoms with Gasteiger partial charge in [0.25, 0.3) is 12.4 Å². The number of aromatic amines is 1. The number of hydrogen-bond acceptors (Lipinski definition) is 7. The van der Waals surface area contributed by atoms with Crippen molar-refractivity contribution < 1.29 is 24.6 Å². The lowest BCUT2D eigenvalue weighted by Crippen LogP contribution is -2.49. The van der Waals surface area contributed by atoms with Gasteiger partial charge < -0.3 is 20.8 Å². The van der Waals surface area contributed by atoms with E-state index in [-0.39, 0.29) is 24.0 Å². The largest absolute Gasteiger partial charge is 0.483 e. The highest BCUT2D eigenvalue weighted by atomic mass is 16.3. The zero-order chi connectivity index (χ0) is 21.1. The molecule has 0 bridgehead atoms. The average Bonchev–Trinajstić information content (AvgIpc) is 3.41. The molecule has 3 rings (SSSR count). The van der Waals surface area contributed by atoms with E-state index in [1.165, 1.54) is 6.20 Å². The van der Waals surface area contributed by atoms with Crippen molar-refractivity contribution in [3.05, 3.63) is 30.4 Å². The maximum atomic E-state index is 12.4. The van der Waals surface area contributed by atoms with E-state index in [1.54, 1.807) is 6.20 Å². The van der Waals surface area contributed by atoms with E-state index in [4.69, 9.17) is 9.90 Å². The van der Waals surface area contributed by atoms with Gasteiger partial charge in [-0.05, 0) is 31.7 Å². The van der Waals surface area contributed by atoms with Gasteiger partial charge in [0, 0.05) is 31.4 Å². The van der Waals surface area contributed by atoms with Crippen LogP contribution in [-0.4, -0.2) is 72.4 Å². The molecule has 0 saturated heterocycles. The van der Waals surface area contributed by atoms with Crippen LogP contribution in [0.2, 0.25) is 0 Å². The molecule has 0 aromatic carbocycles. The molecular weight excluding hydrogens is 382 g/mol. The van der Waals surface area contributed by atoms with Crippen molar-refractivity contribution in [1.29, 1.82) is 0 Å². The zero-order valence-corrected chi connectivity index (χ0v) is 15.8. The third-order valence-corrected chi connectivity index (χ3v) is 4.57. The lowest BCUT2D eigenvalue weighted by Gasteiger charge is -2.33. The molecule has 1 aliphatic carbocycles. The topological polar surface area (TPSA) is 175 Å². The number of H-pyrrole nitrogens is 1. The van der Waals surface area contributed by atoms with Crippen LogP contribution in [0.4, 0.5) is 0 Å². The summed E-state index contributed by atoms with van der Waals surface area (Å²) in [6.07, 6.45) is 6.50. The summed E-state index contributed by atoms with van der Waals surface area (Å²) in [5.41, 5.74) is 0.155. The van der Waals surface area contributed by atoms with E-state index in [0.29, 0.717) is 25.8 Å². The van der Waals surface area contributed by atoms with E-state index in [2.05, 4.69) is 31.1 Å². The van der Waals surface area contributed by atoms with Crippen LogP contribution in [0, 0.1) is 5.92 Å². The molecule has 0 radical (unpaired) electrons. The average molecular weight is 407 g/mol. The standard InChI is InChI=1S/C16H23N7O3.CH2O2/c24-14-4-3-11(9-12(14)20-16(26)13-10-18-22-21-13)15(25)17-5-1-7-23-8-2-6-19-23;2-1-3/h2,6,8,10-12,14,24H,1,3-5,7,9H2,(H,17,25)(H,20,26)(H,18,21,22);1H,(H,2,3)/t11-,12+,14+;/m0./s1. The fraction of sp³-hybridized carbons (Fsp3) is 0.529. The highest BCUT2D eigenvalue weighted by molar-refractivity contribution is 5.92. The molecule has 12 nitrogen and oxygen atoms in total. The predicted octanol–water partition coefficient (Wildman–Crippen LogP) is -0.832. The Morgan fingerprint density at radius 3 is 2.83 bits per heavy atom. The molecule has 2 heterocycles. The van der Waals surface area contributed by atoms with Crippen LogP contribution in [0.15, 0.2) is 24.7 Å². The minimum Gasteiger partial charge on any atom is -0.483 e. The molecule has 2 amide bonds. The van der Waals surface area contributed by atoms with Crippen molar-refractivity contribution in [2.45, 2.75) is 44.4 Å². The highest BCUT2D eigenvalue weighted by Crippen LogP contribution is 2.25. The molecule has 1 fully saturated rings. The number of amides is 2. The fourth-order valence-electron chi connectivity index (χ4n) is 3.13. The number of carbonyl (C=O) groups is 3. The summed E-state index contributed by atoms with van der Waals surface area (Å²) in [7, 11) is 0. The third-order valence-electron chi connectivity index (χ3n) is 4.57. The fourth-order valence-corrected chi connectivity index (χ4v) is 3.13. The first-order chi connectivity index (χ1) is 14.0. The van der Waals surface area contributed by atoms with Crippen molar-refractivity contribution in [2.75, 3.05) is 6.54 Å².